The summed E-state index contributed by atoms with van der Waals surface area (Å²) in [5.41, 5.74) is 0. The molecule has 0 aliphatic rings. The third-order valence-electron chi connectivity index (χ3n) is 4.20. The summed E-state index contributed by atoms with van der Waals surface area (Å²) in [6.07, 6.45) is 1.65. The van der Waals surface area contributed by atoms with E-state index in [0.717, 1.165) is 0 Å². The monoisotopic (exact) mass is 540 g/mol. The molecule has 0 spiro atoms. The lowest BCUT2D eigenvalue weighted by Gasteiger charge is -2.09. The SMILES string of the molecule is C=COCCOCCOCCOCCOCCOCCOCCOCCOCCOCCC(=O)OCC. The normalized spacial score (nSPS) is 11.1. The largest absolute Gasteiger partial charge is 0.499 e. The van der Waals surface area contributed by atoms with Gasteiger partial charge in [0.1, 0.15) is 6.61 Å². The fraction of sp³-hybridized carbons (Fsp3) is 0.880. The van der Waals surface area contributed by atoms with Gasteiger partial charge in [0.2, 0.25) is 0 Å². The zero-order valence-electron chi connectivity index (χ0n) is 22.5. The lowest BCUT2D eigenvalue weighted by atomic mass is 10.5. The van der Waals surface area contributed by atoms with E-state index < -0.39 is 0 Å². The van der Waals surface area contributed by atoms with Crippen molar-refractivity contribution in [2.24, 2.45) is 0 Å². The molecule has 0 amide bonds. The molecule has 0 rings (SSSR count). The Labute approximate surface area is 221 Å². The quantitative estimate of drug-likeness (QED) is 0.0694. The summed E-state index contributed by atoms with van der Waals surface area (Å²) in [7, 11) is 0. The van der Waals surface area contributed by atoms with E-state index in [0.29, 0.717) is 132 Å². The van der Waals surface area contributed by atoms with Crippen LogP contribution in [0.5, 0.6) is 0 Å². The standard InChI is InChI=1S/C25H48O12/c1-3-27-7-8-29-11-12-31-15-16-33-19-20-35-23-24-36-22-21-34-18-17-32-14-13-30-10-9-28-6-5-25(26)37-4-2/h3H,1,4-24H2,2H3. The third-order valence-corrected chi connectivity index (χ3v) is 4.20. The average molecular weight is 541 g/mol. The topological polar surface area (TPSA) is 119 Å². The van der Waals surface area contributed by atoms with E-state index in [1.165, 1.54) is 6.26 Å². The summed E-state index contributed by atoms with van der Waals surface area (Å²) in [5, 5.41) is 0. The van der Waals surface area contributed by atoms with Gasteiger partial charge in [-0.2, -0.15) is 0 Å². The van der Waals surface area contributed by atoms with Crippen LogP contribution in [0.15, 0.2) is 12.8 Å². The number of rotatable bonds is 32. The van der Waals surface area contributed by atoms with Crippen molar-refractivity contribution in [3.8, 4) is 0 Å². The Kier molecular flexibility index (Phi) is 31.5. The zero-order chi connectivity index (χ0) is 26.9. The molecule has 0 aromatic rings. The lowest BCUT2D eigenvalue weighted by Crippen LogP contribution is -2.15. The second-order valence-corrected chi connectivity index (χ2v) is 7.10. The highest BCUT2D eigenvalue weighted by Gasteiger charge is 2.00. The van der Waals surface area contributed by atoms with E-state index in [9.17, 15) is 4.79 Å². The molecule has 0 saturated heterocycles. The fourth-order valence-corrected chi connectivity index (χ4v) is 2.44. The van der Waals surface area contributed by atoms with Crippen molar-refractivity contribution in [3.63, 3.8) is 0 Å². The molecule has 0 bridgehead atoms. The van der Waals surface area contributed by atoms with Gasteiger partial charge in [-0.25, -0.2) is 0 Å². The van der Waals surface area contributed by atoms with E-state index in [4.69, 9.17) is 52.1 Å². The van der Waals surface area contributed by atoms with E-state index in [-0.39, 0.29) is 12.4 Å². The van der Waals surface area contributed by atoms with Crippen LogP contribution in [0.4, 0.5) is 0 Å². The minimum absolute atomic E-state index is 0.250. The molecule has 0 N–H and O–H groups in total. The summed E-state index contributed by atoms with van der Waals surface area (Å²) < 4.78 is 58.2. The van der Waals surface area contributed by atoms with Gasteiger partial charge in [0.15, 0.2) is 0 Å². The summed E-state index contributed by atoms with van der Waals surface area (Å²) in [4.78, 5) is 11.1. The molecule has 12 nitrogen and oxygen atoms in total. The maximum Gasteiger partial charge on any atom is 0.308 e. The van der Waals surface area contributed by atoms with Crippen molar-refractivity contribution in [2.75, 3.05) is 132 Å². The first-order valence-corrected chi connectivity index (χ1v) is 12.9. The van der Waals surface area contributed by atoms with Gasteiger partial charge in [-0.05, 0) is 6.92 Å². The predicted molar refractivity (Wildman–Crippen MR) is 135 cm³/mol. The molecular weight excluding hydrogens is 492 g/mol. The zero-order valence-corrected chi connectivity index (χ0v) is 22.5. The van der Waals surface area contributed by atoms with Gasteiger partial charge in [0, 0.05) is 0 Å². The van der Waals surface area contributed by atoms with Crippen molar-refractivity contribution < 1.29 is 56.9 Å². The Morgan fingerprint density at radius 2 is 0.757 bits per heavy atom. The van der Waals surface area contributed by atoms with Gasteiger partial charge in [0.05, 0.1) is 138 Å². The smallest absolute Gasteiger partial charge is 0.308 e. The molecule has 0 fully saturated rings. The number of hydrogen-bond donors (Lipinski definition) is 0. The first kappa shape index (κ1) is 35.6. The van der Waals surface area contributed by atoms with Gasteiger partial charge in [-0.15, -0.1) is 0 Å². The Bertz CT molecular complexity index is 467. The van der Waals surface area contributed by atoms with E-state index >= 15 is 0 Å². The number of carbonyl (C=O) groups excluding carboxylic acids is 1. The summed E-state index contributed by atoms with van der Waals surface area (Å²) >= 11 is 0. The highest BCUT2D eigenvalue weighted by atomic mass is 16.6. The summed E-state index contributed by atoms with van der Waals surface area (Å²) in [6, 6.07) is 0. The molecular formula is C25H48O12. The first-order chi connectivity index (χ1) is 18.3. The Balaban J connectivity index is 3.04. The minimum Gasteiger partial charge on any atom is -0.499 e. The summed E-state index contributed by atoms with van der Waals surface area (Å²) in [6.45, 7) is 14.9. The van der Waals surface area contributed by atoms with Crippen molar-refractivity contribution in [1.82, 2.24) is 0 Å². The van der Waals surface area contributed by atoms with E-state index in [1.54, 1.807) is 6.92 Å². The van der Waals surface area contributed by atoms with Crippen LogP contribution in [-0.4, -0.2) is 138 Å². The maximum atomic E-state index is 11.1. The van der Waals surface area contributed by atoms with Crippen LogP contribution in [0.25, 0.3) is 0 Å². The molecule has 12 heteroatoms. The highest BCUT2D eigenvalue weighted by molar-refractivity contribution is 5.69. The van der Waals surface area contributed by atoms with Crippen LogP contribution in [0.3, 0.4) is 0 Å². The summed E-state index contributed by atoms with van der Waals surface area (Å²) in [5.74, 6) is -0.250. The van der Waals surface area contributed by atoms with Gasteiger partial charge < -0.3 is 52.1 Å². The third kappa shape index (κ3) is 32.6. The van der Waals surface area contributed by atoms with Crippen LogP contribution in [-0.2, 0) is 56.9 Å². The maximum absolute atomic E-state index is 11.1. The van der Waals surface area contributed by atoms with Crippen LogP contribution >= 0.6 is 0 Å². The molecule has 0 radical (unpaired) electrons. The molecule has 0 unspecified atom stereocenters. The number of esters is 1. The van der Waals surface area contributed by atoms with Crippen LogP contribution in [0.2, 0.25) is 0 Å². The van der Waals surface area contributed by atoms with Crippen LogP contribution < -0.4 is 0 Å². The van der Waals surface area contributed by atoms with Crippen molar-refractivity contribution in [1.29, 1.82) is 0 Å². The van der Waals surface area contributed by atoms with E-state index in [1.807, 2.05) is 0 Å². The van der Waals surface area contributed by atoms with Gasteiger partial charge in [0.25, 0.3) is 0 Å². The van der Waals surface area contributed by atoms with Crippen molar-refractivity contribution in [2.45, 2.75) is 13.3 Å². The molecule has 0 heterocycles. The molecule has 220 valence electrons. The minimum atomic E-state index is -0.250. The van der Waals surface area contributed by atoms with Gasteiger partial charge in [-0.1, -0.05) is 6.58 Å². The highest BCUT2D eigenvalue weighted by Crippen LogP contribution is 1.89. The second-order valence-electron chi connectivity index (χ2n) is 7.10. The first-order valence-electron chi connectivity index (χ1n) is 12.9. The number of carbonyl (C=O) groups is 1. The Morgan fingerprint density at radius 3 is 1.03 bits per heavy atom. The van der Waals surface area contributed by atoms with Gasteiger partial charge >= 0.3 is 5.97 Å². The molecule has 0 saturated carbocycles. The molecule has 0 aromatic heterocycles. The van der Waals surface area contributed by atoms with Crippen LogP contribution in [0, 0.1) is 0 Å². The molecule has 37 heavy (non-hydrogen) atoms. The number of hydrogen-bond acceptors (Lipinski definition) is 12. The van der Waals surface area contributed by atoms with Crippen molar-refractivity contribution >= 4 is 5.97 Å². The molecule has 0 atom stereocenters. The number of ether oxygens (including phenoxy) is 11. The average Bonchev–Trinajstić information content (AvgIpc) is 2.90. The Morgan fingerprint density at radius 1 is 0.486 bits per heavy atom. The molecule has 0 aliphatic carbocycles. The predicted octanol–water partition coefficient (Wildman–Crippen LogP) is 1.25. The van der Waals surface area contributed by atoms with Crippen LogP contribution in [0.1, 0.15) is 13.3 Å². The van der Waals surface area contributed by atoms with Crippen molar-refractivity contribution in [3.05, 3.63) is 12.8 Å². The second kappa shape index (κ2) is 32.7. The Hall–Kier alpha value is -1.35. The lowest BCUT2D eigenvalue weighted by molar-refractivity contribution is -0.144. The van der Waals surface area contributed by atoms with E-state index in [2.05, 4.69) is 6.58 Å². The molecule has 0 aliphatic heterocycles. The molecule has 0 aromatic carbocycles. The van der Waals surface area contributed by atoms with Gasteiger partial charge in [-0.3, -0.25) is 4.79 Å². The fourth-order valence-electron chi connectivity index (χ4n) is 2.44.